The maximum Gasteiger partial charge on any atom is 0.135 e. The maximum atomic E-state index is 12.3. The van der Waals surface area contributed by atoms with Crippen LogP contribution in [0.15, 0.2) is 24.3 Å². The highest BCUT2D eigenvalue weighted by Gasteiger charge is 2.25. The highest BCUT2D eigenvalue weighted by Crippen LogP contribution is 2.36. The van der Waals surface area contributed by atoms with E-state index in [2.05, 4.69) is 26.8 Å². The van der Waals surface area contributed by atoms with E-state index in [4.69, 9.17) is 10.5 Å². The number of ketones is 1. The minimum absolute atomic E-state index is 0.0346. The van der Waals surface area contributed by atoms with Crippen molar-refractivity contribution in [2.75, 3.05) is 6.61 Å². The SMILES string of the molecule is CC(C)(C)CC(N)CC(=O)CC1CCOc2ccccc21. The van der Waals surface area contributed by atoms with Gasteiger partial charge in [0, 0.05) is 18.9 Å². The molecule has 0 amide bonds. The van der Waals surface area contributed by atoms with Crippen LogP contribution in [0.25, 0.3) is 0 Å². The van der Waals surface area contributed by atoms with Crippen LogP contribution in [0, 0.1) is 5.41 Å². The van der Waals surface area contributed by atoms with Gasteiger partial charge in [0.1, 0.15) is 11.5 Å². The summed E-state index contributed by atoms with van der Waals surface area (Å²) in [7, 11) is 0. The number of para-hydroxylation sites is 1. The van der Waals surface area contributed by atoms with Gasteiger partial charge in [-0.15, -0.1) is 0 Å². The number of nitrogens with two attached hydrogens (primary N) is 1. The topological polar surface area (TPSA) is 52.3 Å². The molecule has 2 unspecified atom stereocenters. The first-order chi connectivity index (χ1) is 9.85. The molecule has 2 atom stereocenters. The first-order valence-electron chi connectivity index (χ1n) is 7.84. The molecule has 1 heterocycles. The van der Waals surface area contributed by atoms with Crippen molar-refractivity contribution in [2.24, 2.45) is 11.1 Å². The van der Waals surface area contributed by atoms with Crippen molar-refractivity contribution in [3.05, 3.63) is 29.8 Å². The average Bonchev–Trinajstić information content (AvgIpc) is 2.36. The van der Waals surface area contributed by atoms with E-state index in [1.165, 1.54) is 5.56 Å². The fourth-order valence-corrected chi connectivity index (χ4v) is 3.14. The summed E-state index contributed by atoms with van der Waals surface area (Å²) in [5, 5.41) is 0. The molecule has 1 aliphatic heterocycles. The van der Waals surface area contributed by atoms with E-state index in [1.54, 1.807) is 0 Å². The van der Waals surface area contributed by atoms with E-state index in [1.807, 2.05) is 18.2 Å². The number of carbonyl (C=O) groups excluding carboxylic acids is 1. The van der Waals surface area contributed by atoms with E-state index >= 15 is 0 Å². The zero-order chi connectivity index (χ0) is 15.5. The molecule has 116 valence electrons. The summed E-state index contributed by atoms with van der Waals surface area (Å²) in [6, 6.07) is 8.00. The Labute approximate surface area is 127 Å². The smallest absolute Gasteiger partial charge is 0.135 e. The Hall–Kier alpha value is -1.35. The lowest BCUT2D eigenvalue weighted by Crippen LogP contribution is -2.29. The van der Waals surface area contributed by atoms with Gasteiger partial charge in [-0.25, -0.2) is 0 Å². The summed E-state index contributed by atoms with van der Waals surface area (Å²) in [6.07, 6.45) is 2.86. The maximum absolute atomic E-state index is 12.3. The number of rotatable bonds is 5. The molecule has 1 aromatic carbocycles. The molecule has 1 aliphatic rings. The lowest BCUT2D eigenvalue weighted by Gasteiger charge is -2.26. The molecule has 0 aromatic heterocycles. The number of hydrogen-bond donors (Lipinski definition) is 1. The molecule has 2 rings (SSSR count). The Morgan fingerprint density at radius 1 is 1.38 bits per heavy atom. The molecule has 3 nitrogen and oxygen atoms in total. The highest BCUT2D eigenvalue weighted by atomic mass is 16.5. The average molecular weight is 289 g/mol. The van der Waals surface area contributed by atoms with Crippen molar-refractivity contribution < 1.29 is 9.53 Å². The van der Waals surface area contributed by atoms with E-state index in [0.29, 0.717) is 19.4 Å². The van der Waals surface area contributed by atoms with Crippen LogP contribution >= 0.6 is 0 Å². The van der Waals surface area contributed by atoms with Crippen LogP contribution in [0.3, 0.4) is 0 Å². The van der Waals surface area contributed by atoms with Crippen molar-refractivity contribution in [3.8, 4) is 5.75 Å². The molecule has 0 fully saturated rings. The van der Waals surface area contributed by atoms with Crippen molar-refractivity contribution in [2.45, 2.75) is 58.4 Å². The first kappa shape index (κ1) is 16.0. The fourth-order valence-electron chi connectivity index (χ4n) is 3.14. The van der Waals surface area contributed by atoms with Crippen LogP contribution < -0.4 is 10.5 Å². The predicted molar refractivity (Wildman–Crippen MR) is 85.6 cm³/mol. The van der Waals surface area contributed by atoms with Crippen LogP contribution in [0.2, 0.25) is 0 Å². The summed E-state index contributed by atoms with van der Waals surface area (Å²) in [6.45, 7) is 7.17. The molecule has 0 saturated carbocycles. The second kappa shape index (κ2) is 6.61. The number of ether oxygens (including phenoxy) is 1. The Balaban J connectivity index is 1.92. The van der Waals surface area contributed by atoms with Gasteiger partial charge in [0.05, 0.1) is 6.61 Å². The van der Waals surface area contributed by atoms with Gasteiger partial charge in [-0.05, 0) is 35.8 Å². The predicted octanol–water partition coefficient (Wildman–Crippen LogP) is 3.67. The molecule has 0 bridgehead atoms. The summed E-state index contributed by atoms with van der Waals surface area (Å²) in [5.41, 5.74) is 7.45. The third kappa shape index (κ3) is 4.85. The molecule has 0 spiro atoms. The van der Waals surface area contributed by atoms with Crippen LogP contribution in [0.1, 0.15) is 57.9 Å². The monoisotopic (exact) mass is 289 g/mol. The second-order valence-corrected chi connectivity index (χ2v) is 7.34. The minimum Gasteiger partial charge on any atom is -0.493 e. The van der Waals surface area contributed by atoms with E-state index < -0.39 is 0 Å². The summed E-state index contributed by atoms with van der Waals surface area (Å²) in [5.74, 6) is 1.48. The lowest BCUT2D eigenvalue weighted by atomic mass is 9.84. The Kier molecular flexibility index (Phi) is 5.04. The first-order valence-corrected chi connectivity index (χ1v) is 7.84. The Morgan fingerprint density at radius 3 is 2.81 bits per heavy atom. The van der Waals surface area contributed by atoms with E-state index in [9.17, 15) is 4.79 Å². The number of fused-ring (bicyclic) bond motifs is 1. The van der Waals surface area contributed by atoms with Gasteiger partial charge < -0.3 is 10.5 Å². The van der Waals surface area contributed by atoms with Gasteiger partial charge in [0.25, 0.3) is 0 Å². The molecule has 2 N–H and O–H groups in total. The molecular weight excluding hydrogens is 262 g/mol. The van der Waals surface area contributed by atoms with Crippen LogP contribution in [-0.2, 0) is 4.79 Å². The summed E-state index contributed by atoms with van der Waals surface area (Å²) < 4.78 is 5.65. The van der Waals surface area contributed by atoms with Crippen molar-refractivity contribution >= 4 is 5.78 Å². The zero-order valence-electron chi connectivity index (χ0n) is 13.4. The normalized spacial score (nSPS) is 19.5. The number of carbonyl (C=O) groups is 1. The van der Waals surface area contributed by atoms with E-state index in [0.717, 1.165) is 18.6 Å². The van der Waals surface area contributed by atoms with Gasteiger partial charge in [-0.1, -0.05) is 39.0 Å². The van der Waals surface area contributed by atoms with Crippen LogP contribution in [-0.4, -0.2) is 18.4 Å². The highest BCUT2D eigenvalue weighted by molar-refractivity contribution is 5.80. The van der Waals surface area contributed by atoms with Gasteiger partial charge in [-0.2, -0.15) is 0 Å². The summed E-state index contributed by atoms with van der Waals surface area (Å²) in [4.78, 5) is 12.3. The number of Topliss-reactive ketones (excluding diaryl/α,β-unsaturated/α-hetero) is 1. The van der Waals surface area contributed by atoms with E-state index in [-0.39, 0.29) is 23.2 Å². The second-order valence-electron chi connectivity index (χ2n) is 7.34. The van der Waals surface area contributed by atoms with Crippen LogP contribution in [0.5, 0.6) is 5.75 Å². The van der Waals surface area contributed by atoms with Gasteiger partial charge in [-0.3, -0.25) is 4.79 Å². The quantitative estimate of drug-likeness (QED) is 0.900. The minimum atomic E-state index is -0.0346. The largest absolute Gasteiger partial charge is 0.493 e. The molecule has 0 aliphatic carbocycles. The molecule has 0 radical (unpaired) electrons. The van der Waals surface area contributed by atoms with Crippen molar-refractivity contribution in [1.82, 2.24) is 0 Å². The third-order valence-corrected chi connectivity index (χ3v) is 3.92. The van der Waals surface area contributed by atoms with Gasteiger partial charge in [0.2, 0.25) is 0 Å². The number of benzene rings is 1. The molecule has 21 heavy (non-hydrogen) atoms. The molecule has 1 aromatic rings. The standard InChI is InChI=1S/C18H27NO2/c1-18(2,3)12-14(19)11-15(20)10-13-8-9-21-17-7-5-4-6-16(13)17/h4-7,13-14H,8-12,19H2,1-3H3. The zero-order valence-corrected chi connectivity index (χ0v) is 13.4. The summed E-state index contributed by atoms with van der Waals surface area (Å²) >= 11 is 0. The van der Waals surface area contributed by atoms with Crippen molar-refractivity contribution in [1.29, 1.82) is 0 Å². The van der Waals surface area contributed by atoms with Crippen molar-refractivity contribution in [3.63, 3.8) is 0 Å². The van der Waals surface area contributed by atoms with Gasteiger partial charge in [0.15, 0.2) is 0 Å². The van der Waals surface area contributed by atoms with Crippen LogP contribution in [0.4, 0.5) is 0 Å². The van der Waals surface area contributed by atoms with Gasteiger partial charge >= 0.3 is 0 Å². The Morgan fingerprint density at radius 2 is 2.10 bits per heavy atom. The lowest BCUT2D eigenvalue weighted by molar-refractivity contribution is -0.120. The molecule has 3 heteroatoms. The fraction of sp³-hybridized carbons (Fsp3) is 0.611. The Bertz CT molecular complexity index is 490. The third-order valence-electron chi connectivity index (χ3n) is 3.92. The molecular formula is C18H27NO2. The molecule has 0 saturated heterocycles. The number of hydrogen-bond acceptors (Lipinski definition) is 3.